The highest BCUT2D eigenvalue weighted by Crippen LogP contribution is 2.27. The van der Waals surface area contributed by atoms with Gasteiger partial charge in [-0.15, -0.1) is 0 Å². The quantitative estimate of drug-likeness (QED) is 0.257. The van der Waals surface area contributed by atoms with E-state index in [2.05, 4.69) is 4.90 Å². The van der Waals surface area contributed by atoms with Crippen LogP contribution in [0.15, 0.2) is 66.7 Å². The van der Waals surface area contributed by atoms with Gasteiger partial charge in [-0.25, -0.2) is 14.4 Å². The Hall–Kier alpha value is -4.04. The summed E-state index contributed by atoms with van der Waals surface area (Å²) in [5.74, 6) is -1.24. The average Bonchev–Trinajstić information content (AvgIpc) is 2.95. The number of fused-ring (bicyclic) bond motifs is 1. The lowest BCUT2D eigenvalue weighted by molar-refractivity contribution is -0.137. The van der Waals surface area contributed by atoms with E-state index in [9.17, 15) is 14.0 Å². The number of piperazine rings is 1. The van der Waals surface area contributed by atoms with Gasteiger partial charge in [-0.05, 0) is 92.9 Å². The number of nitrogens with zero attached hydrogens (tertiary/aromatic N) is 4. The summed E-state index contributed by atoms with van der Waals surface area (Å²) in [5.41, 5.74) is 4.91. The highest BCUT2D eigenvalue weighted by atomic mass is 35.5. The van der Waals surface area contributed by atoms with Gasteiger partial charge in [-0.3, -0.25) is 9.59 Å². The Morgan fingerprint density at radius 3 is 2.42 bits per heavy atom. The SMILES string of the molecule is CC1CN(c2ccc(Cl)cc2)CCN1C(=O)c1ccc2nc(-c3ccc(F)cc3)c(CCCCC(=O)O)nc2c1. The molecule has 3 aromatic carbocycles. The Morgan fingerprint density at radius 2 is 1.73 bits per heavy atom. The molecule has 1 atom stereocenters. The van der Waals surface area contributed by atoms with Crippen LogP contribution in [-0.4, -0.2) is 57.5 Å². The lowest BCUT2D eigenvalue weighted by Crippen LogP contribution is -2.54. The van der Waals surface area contributed by atoms with Crippen molar-refractivity contribution in [3.8, 4) is 11.3 Å². The number of benzene rings is 3. The molecule has 40 heavy (non-hydrogen) atoms. The number of hydrogen-bond donors (Lipinski definition) is 1. The first-order chi connectivity index (χ1) is 19.3. The van der Waals surface area contributed by atoms with Crippen LogP contribution in [0, 0.1) is 5.82 Å². The predicted molar refractivity (Wildman–Crippen MR) is 154 cm³/mol. The van der Waals surface area contributed by atoms with Crippen LogP contribution in [0.4, 0.5) is 10.1 Å². The molecule has 1 fully saturated rings. The van der Waals surface area contributed by atoms with Crippen LogP contribution in [0.25, 0.3) is 22.3 Å². The topological polar surface area (TPSA) is 86.6 Å². The van der Waals surface area contributed by atoms with Crippen LogP contribution >= 0.6 is 11.6 Å². The Bertz CT molecular complexity index is 1530. The maximum Gasteiger partial charge on any atom is 0.303 e. The fraction of sp³-hybridized carbons (Fsp3) is 0.290. The van der Waals surface area contributed by atoms with Gasteiger partial charge >= 0.3 is 5.97 Å². The summed E-state index contributed by atoms with van der Waals surface area (Å²) in [7, 11) is 0. The van der Waals surface area contributed by atoms with Crippen molar-refractivity contribution in [1.29, 1.82) is 0 Å². The second kappa shape index (κ2) is 12.0. The number of aryl methyl sites for hydroxylation is 1. The van der Waals surface area contributed by atoms with Gasteiger partial charge in [0.15, 0.2) is 0 Å². The van der Waals surface area contributed by atoms with E-state index < -0.39 is 5.97 Å². The van der Waals surface area contributed by atoms with Gasteiger partial charge in [-0.1, -0.05) is 11.6 Å². The molecule has 2 heterocycles. The van der Waals surface area contributed by atoms with Crippen LogP contribution in [0.5, 0.6) is 0 Å². The maximum absolute atomic E-state index is 13.6. The lowest BCUT2D eigenvalue weighted by Gasteiger charge is -2.41. The van der Waals surface area contributed by atoms with Gasteiger partial charge in [0, 0.05) is 53.9 Å². The summed E-state index contributed by atoms with van der Waals surface area (Å²) in [6.07, 6.45) is 1.73. The normalized spacial score (nSPS) is 15.4. The standard InChI is InChI=1S/C31H30ClFN4O3/c1-20-19-36(25-13-9-23(32)10-14-25)16-17-37(20)31(40)22-8-15-26-28(18-22)34-27(4-2-3-5-29(38)39)30(35-26)21-6-11-24(33)12-7-21/h6-15,18,20H,2-5,16-17,19H2,1H3,(H,38,39). The van der Waals surface area contributed by atoms with Crippen molar-refractivity contribution in [3.05, 3.63) is 88.8 Å². The monoisotopic (exact) mass is 560 g/mol. The summed E-state index contributed by atoms with van der Waals surface area (Å²) in [5, 5.41) is 9.69. The molecule has 1 aliphatic heterocycles. The van der Waals surface area contributed by atoms with E-state index in [1.807, 2.05) is 36.1 Å². The van der Waals surface area contributed by atoms with E-state index in [1.54, 1.807) is 30.3 Å². The van der Waals surface area contributed by atoms with Gasteiger partial charge in [0.05, 0.1) is 22.4 Å². The zero-order chi connectivity index (χ0) is 28.2. The second-order valence-corrected chi connectivity index (χ2v) is 10.5. The molecule has 206 valence electrons. The summed E-state index contributed by atoms with van der Waals surface area (Å²) in [4.78, 5) is 38.4. The molecule has 7 nitrogen and oxygen atoms in total. The van der Waals surface area contributed by atoms with Crippen LogP contribution in [-0.2, 0) is 11.2 Å². The fourth-order valence-corrected chi connectivity index (χ4v) is 5.24. The minimum atomic E-state index is -0.838. The molecule has 0 spiro atoms. The van der Waals surface area contributed by atoms with Crippen molar-refractivity contribution in [2.45, 2.75) is 38.6 Å². The molecule has 1 aromatic heterocycles. The first-order valence-electron chi connectivity index (χ1n) is 13.4. The molecule has 0 bridgehead atoms. The van der Waals surface area contributed by atoms with E-state index in [4.69, 9.17) is 26.7 Å². The molecule has 1 aliphatic rings. The Balaban J connectivity index is 1.39. The van der Waals surface area contributed by atoms with Gasteiger partial charge in [-0.2, -0.15) is 0 Å². The first kappa shape index (κ1) is 27.5. The minimum absolute atomic E-state index is 0.00403. The van der Waals surface area contributed by atoms with Gasteiger partial charge < -0.3 is 14.9 Å². The van der Waals surface area contributed by atoms with Crippen molar-refractivity contribution >= 4 is 40.2 Å². The molecular formula is C31H30ClFN4O3. The first-order valence-corrected chi connectivity index (χ1v) is 13.8. The third kappa shape index (κ3) is 6.23. The lowest BCUT2D eigenvalue weighted by atomic mass is 10.0. The number of amides is 1. The molecule has 0 saturated carbocycles. The maximum atomic E-state index is 13.6. The highest BCUT2D eigenvalue weighted by molar-refractivity contribution is 6.30. The number of rotatable bonds is 8. The number of aliphatic carboxylic acids is 1. The van der Waals surface area contributed by atoms with E-state index in [0.717, 1.165) is 11.3 Å². The van der Waals surface area contributed by atoms with Crippen molar-refractivity contribution in [2.75, 3.05) is 24.5 Å². The third-order valence-corrected chi connectivity index (χ3v) is 7.49. The summed E-state index contributed by atoms with van der Waals surface area (Å²) in [6.45, 7) is 4.06. The number of carbonyl (C=O) groups is 2. The summed E-state index contributed by atoms with van der Waals surface area (Å²) >= 11 is 6.04. The molecule has 4 aromatic rings. The highest BCUT2D eigenvalue weighted by Gasteiger charge is 2.28. The average molecular weight is 561 g/mol. The molecule has 1 saturated heterocycles. The number of unbranched alkanes of at least 4 members (excludes halogenated alkanes) is 1. The minimum Gasteiger partial charge on any atom is -0.481 e. The Morgan fingerprint density at radius 1 is 0.975 bits per heavy atom. The number of hydrogen-bond acceptors (Lipinski definition) is 5. The fourth-order valence-electron chi connectivity index (χ4n) is 5.12. The largest absolute Gasteiger partial charge is 0.481 e. The van der Waals surface area contributed by atoms with Crippen molar-refractivity contribution in [2.24, 2.45) is 0 Å². The summed E-state index contributed by atoms with van der Waals surface area (Å²) in [6, 6.07) is 19.2. The molecule has 5 rings (SSSR count). The van der Waals surface area contributed by atoms with Crippen LogP contribution in [0.1, 0.15) is 42.2 Å². The van der Waals surface area contributed by atoms with Crippen LogP contribution in [0.3, 0.4) is 0 Å². The predicted octanol–water partition coefficient (Wildman–Crippen LogP) is 6.24. The Kier molecular flexibility index (Phi) is 8.26. The number of carbonyl (C=O) groups excluding carboxylic acids is 1. The number of anilines is 1. The van der Waals surface area contributed by atoms with Crippen molar-refractivity contribution in [3.63, 3.8) is 0 Å². The van der Waals surface area contributed by atoms with E-state index in [-0.39, 0.29) is 24.2 Å². The molecule has 0 radical (unpaired) electrons. The van der Waals surface area contributed by atoms with Gasteiger partial charge in [0.2, 0.25) is 0 Å². The van der Waals surface area contributed by atoms with Gasteiger partial charge in [0.25, 0.3) is 5.91 Å². The van der Waals surface area contributed by atoms with Gasteiger partial charge in [0.1, 0.15) is 5.82 Å². The summed E-state index contributed by atoms with van der Waals surface area (Å²) < 4.78 is 13.6. The zero-order valence-corrected chi connectivity index (χ0v) is 22.9. The molecule has 0 aliphatic carbocycles. The second-order valence-electron chi connectivity index (χ2n) is 10.1. The van der Waals surface area contributed by atoms with Crippen LogP contribution < -0.4 is 4.90 Å². The molecule has 1 amide bonds. The number of aromatic nitrogens is 2. The number of halogens is 2. The number of carboxylic acid groups (broad SMARTS) is 1. The van der Waals surface area contributed by atoms with Crippen LogP contribution in [0.2, 0.25) is 5.02 Å². The van der Waals surface area contributed by atoms with Crippen molar-refractivity contribution < 1.29 is 19.1 Å². The van der Waals surface area contributed by atoms with E-state index in [1.165, 1.54) is 12.1 Å². The molecular weight excluding hydrogens is 531 g/mol. The van der Waals surface area contributed by atoms with E-state index in [0.29, 0.717) is 71.9 Å². The smallest absolute Gasteiger partial charge is 0.303 e. The Labute approximate surface area is 237 Å². The molecule has 1 unspecified atom stereocenters. The third-order valence-electron chi connectivity index (χ3n) is 7.24. The molecule has 9 heteroatoms. The zero-order valence-electron chi connectivity index (χ0n) is 22.2. The molecule has 1 N–H and O–H groups in total. The van der Waals surface area contributed by atoms with Crippen molar-refractivity contribution in [1.82, 2.24) is 14.9 Å². The number of carboxylic acids is 1. The van der Waals surface area contributed by atoms with E-state index >= 15 is 0 Å².